The Morgan fingerprint density at radius 3 is 2.57 bits per heavy atom. The third-order valence-electron chi connectivity index (χ3n) is 6.38. The molecule has 3 fully saturated rings. The predicted octanol–water partition coefficient (Wildman–Crippen LogP) is 2.86. The third kappa shape index (κ3) is 3.62. The van der Waals surface area contributed by atoms with Crippen molar-refractivity contribution in [1.29, 1.82) is 0 Å². The first-order valence-corrected chi connectivity index (χ1v) is 9.42. The van der Waals surface area contributed by atoms with Crippen molar-refractivity contribution in [3.05, 3.63) is 0 Å². The van der Waals surface area contributed by atoms with Gasteiger partial charge in [-0.2, -0.15) is 0 Å². The molecule has 0 aromatic carbocycles. The zero-order valence-electron chi connectivity index (χ0n) is 14.2. The van der Waals surface area contributed by atoms with Gasteiger partial charge in [0.25, 0.3) is 0 Å². The van der Waals surface area contributed by atoms with Gasteiger partial charge in [-0.3, -0.25) is 4.90 Å². The van der Waals surface area contributed by atoms with E-state index >= 15 is 0 Å². The van der Waals surface area contributed by atoms with Crippen molar-refractivity contribution in [2.45, 2.75) is 82.3 Å². The van der Waals surface area contributed by atoms with Crippen LogP contribution in [0.1, 0.15) is 64.7 Å². The molecule has 3 nitrogen and oxygen atoms in total. The highest BCUT2D eigenvalue weighted by Crippen LogP contribution is 2.33. The first-order valence-electron chi connectivity index (χ1n) is 9.42. The monoisotopic (exact) mass is 293 g/mol. The van der Waals surface area contributed by atoms with E-state index in [4.69, 9.17) is 0 Å². The van der Waals surface area contributed by atoms with E-state index in [-0.39, 0.29) is 0 Å². The molecule has 0 aromatic heterocycles. The lowest BCUT2D eigenvalue weighted by molar-refractivity contribution is 0.0269. The van der Waals surface area contributed by atoms with Gasteiger partial charge >= 0.3 is 0 Å². The molecule has 1 aliphatic carbocycles. The van der Waals surface area contributed by atoms with Gasteiger partial charge in [0.2, 0.25) is 0 Å². The fourth-order valence-corrected chi connectivity index (χ4v) is 4.86. The lowest BCUT2D eigenvalue weighted by atomic mass is 9.79. The number of likely N-dealkylation sites (N-methyl/N-ethyl adjacent to an activating group) is 1. The minimum Gasteiger partial charge on any atom is -0.308 e. The van der Waals surface area contributed by atoms with Gasteiger partial charge in [-0.05, 0) is 45.7 Å². The summed E-state index contributed by atoms with van der Waals surface area (Å²) in [5, 5.41) is 3.96. The van der Waals surface area contributed by atoms with Gasteiger partial charge in [0, 0.05) is 37.3 Å². The van der Waals surface area contributed by atoms with Crippen LogP contribution in [0.3, 0.4) is 0 Å². The van der Waals surface area contributed by atoms with Crippen molar-refractivity contribution in [2.24, 2.45) is 0 Å². The van der Waals surface area contributed by atoms with Crippen LogP contribution in [0.15, 0.2) is 0 Å². The van der Waals surface area contributed by atoms with Gasteiger partial charge in [0.05, 0.1) is 0 Å². The summed E-state index contributed by atoms with van der Waals surface area (Å²) in [7, 11) is 2.34. The van der Waals surface area contributed by atoms with E-state index in [0.29, 0.717) is 5.54 Å². The fourth-order valence-electron chi connectivity index (χ4n) is 4.86. The van der Waals surface area contributed by atoms with Crippen LogP contribution in [0.25, 0.3) is 0 Å². The summed E-state index contributed by atoms with van der Waals surface area (Å²) in [6.07, 6.45) is 12.6. The Labute approximate surface area is 131 Å². The van der Waals surface area contributed by atoms with Gasteiger partial charge in [0.15, 0.2) is 0 Å². The van der Waals surface area contributed by atoms with Crippen molar-refractivity contribution < 1.29 is 0 Å². The van der Waals surface area contributed by atoms with Gasteiger partial charge in [-0.1, -0.05) is 32.6 Å². The van der Waals surface area contributed by atoms with Gasteiger partial charge in [0.1, 0.15) is 0 Å². The molecule has 2 aliphatic heterocycles. The van der Waals surface area contributed by atoms with E-state index < -0.39 is 0 Å². The third-order valence-corrected chi connectivity index (χ3v) is 6.38. The Hall–Kier alpha value is -0.120. The van der Waals surface area contributed by atoms with Gasteiger partial charge in [-0.15, -0.1) is 0 Å². The number of likely N-dealkylation sites (tertiary alicyclic amines) is 1. The maximum absolute atomic E-state index is 3.96. The Morgan fingerprint density at radius 2 is 1.86 bits per heavy atom. The number of piperidine rings is 1. The van der Waals surface area contributed by atoms with Gasteiger partial charge < -0.3 is 10.2 Å². The Kier molecular flexibility index (Phi) is 5.23. The minimum atomic E-state index is 0.456. The first kappa shape index (κ1) is 15.8. The minimum absolute atomic E-state index is 0.456. The number of nitrogens with zero attached hydrogens (tertiary/aromatic N) is 2. The Morgan fingerprint density at radius 1 is 1.05 bits per heavy atom. The molecule has 0 aromatic rings. The van der Waals surface area contributed by atoms with Crippen LogP contribution < -0.4 is 5.32 Å². The summed E-state index contributed by atoms with van der Waals surface area (Å²) in [5.41, 5.74) is 0.456. The number of nitrogens with one attached hydrogen (secondary N) is 1. The molecule has 2 saturated heterocycles. The largest absolute Gasteiger partial charge is 0.308 e. The maximum atomic E-state index is 3.96. The summed E-state index contributed by atoms with van der Waals surface area (Å²) < 4.78 is 0. The molecule has 21 heavy (non-hydrogen) atoms. The fraction of sp³-hybridized carbons (Fsp3) is 1.00. The lowest BCUT2D eigenvalue weighted by Gasteiger charge is -2.51. The predicted molar refractivity (Wildman–Crippen MR) is 89.7 cm³/mol. The summed E-state index contributed by atoms with van der Waals surface area (Å²) in [5.74, 6) is 0. The number of piperazine rings is 1. The molecule has 1 N–H and O–H groups in total. The van der Waals surface area contributed by atoms with Crippen LogP contribution in [0, 0.1) is 0 Å². The molecule has 2 atom stereocenters. The quantitative estimate of drug-likeness (QED) is 0.863. The molecule has 2 unspecified atom stereocenters. The molecule has 1 saturated carbocycles. The van der Waals surface area contributed by atoms with E-state index in [9.17, 15) is 0 Å². The van der Waals surface area contributed by atoms with Crippen LogP contribution in [0.4, 0.5) is 0 Å². The summed E-state index contributed by atoms with van der Waals surface area (Å²) >= 11 is 0. The zero-order valence-corrected chi connectivity index (χ0v) is 14.2. The van der Waals surface area contributed by atoms with Crippen molar-refractivity contribution in [1.82, 2.24) is 15.1 Å². The van der Waals surface area contributed by atoms with E-state index in [1.807, 2.05) is 0 Å². The molecule has 0 amide bonds. The maximum Gasteiger partial charge on any atom is 0.0309 e. The highest BCUT2D eigenvalue weighted by atomic mass is 15.3. The first-order chi connectivity index (χ1) is 10.2. The SMILES string of the molecule is CCC1CNC2(CCCCC2)CN1CC1CCCCN1C. The van der Waals surface area contributed by atoms with Crippen LogP contribution in [0.2, 0.25) is 0 Å². The van der Waals surface area contributed by atoms with Crippen molar-refractivity contribution >= 4 is 0 Å². The highest BCUT2D eigenvalue weighted by Gasteiger charge is 2.40. The molecular weight excluding hydrogens is 258 g/mol. The average molecular weight is 293 g/mol. The van der Waals surface area contributed by atoms with E-state index in [1.54, 1.807) is 0 Å². The topological polar surface area (TPSA) is 18.5 Å². The van der Waals surface area contributed by atoms with Gasteiger partial charge in [-0.25, -0.2) is 0 Å². The molecular formula is C18H35N3. The van der Waals surface area contributed by atoms with Crippen LogP contribution >= 0.6 is 0 Å². The number of hydrogen-bond acceptors (Lipinski definition) is 3. The zero-order chi connectivity index (χ0) is 14.7. The molecule has 0 bridgehead atoms. The second kappa shape index (κ2) is 6.97. The summed E-state index contributed by atoms with van der Waals surface area (Å²) in [6, 6.07) is 1.56. The van der Waals surface area contributed by atoms with Crippen LogP contribution in [-0.4, -0.2) is 60.6 Å². The van der Waals surface area contributed by atoms with E-state index in [0.717, 1.165) is 12.1 Å². The molecule has 0 radical (unpaired) electrons. The second-order valence-electron chi connectivity index (χ2n) is 7.84. The number of hydrogen-bond donors (Lipinski definition) is 1. The summed E-state index contributed by atoms with van der Waals surface area (Å²) in [6.45, 7) is 7.49. The molecule has 3 aliphatic rings. The molecule has 3 heteroatoms. The standard InChI is InChI=1S/C18H35N3/c1-3-16-13-19-18(10-6-4-7-11-18)15-21(16)14-17-9-5-8-12-20(17)2/h16-17,19H,3-15H2,1-2H3. The Bertz CT molecular complexity index is 324. The van der Waals surface area contributed by atoms with E-state index in [1.165, 1.54) is 84.0 Å². The summed E-state index contributed by atoms with van der Waals surface area (Å²) in [4.78, 5) is 5.47. The van der Waals surface area contributed by atoms with E-state index in [2.05, 4.69) is 29.1 Å². The normalized spacial score (nSPS) is 35.1. The molecule has 2 heterocycles. The smallest absolute Gasteiger partial charge is 0.0309 e. The molecule has 1 spiro atoms. The van der Waals surface area contributed by atoms with Crippen molar-refractivity contribution in [3.63, 3.8) is 0 Å². The van der Waals surface area contributed by atoms with Crippen molar-refractivity contribution in [3.8, 4) is 0 Å². The molecule has 122 valence electrons. The Balaban J connectivity index is 1.64. The van der Waals surface area contributed by atoms with Crippen molar-refractivity contribution in [2.75, 3.05) is 33.2 Å². The average Bonchev–Trinajstić information content (AvgIpc) is 2.51. The lowest BCUT2D eigenvalue weighted by Crippen LogP contribution is -2.66. The number of rotatable bonds is 3. The second-order valence-corrected chi connectivity index (χ2v) is 7.84. The highest BCUT2D eigenvalue weighted by molar-refractivity contribution is 5.00. The van der Waals surface area contributed by atoms with Crippen LogP contribution in [0.5, 0.6) is 0 Å². The molecule has 3 rings (SSSR count). The van der Waals surface area contributed by atoms with Crippen LogP contribution in [-0.2, 0) is 0 Å².